The minimum absolute atomic E-state index is 0.141. The number of fused-ring (bicyclic) bond motifs is 2. The Bertz CT molecular complexity index is 878. The number of hydrogen-bond acceptors (Lipinski definition) is 2. The Morgan fingerprint density at radius 3 is 2.42 bits per heavy atom. The van der Waals surface area contributed by atoms with Crippen LogP contribution < -0.4 is 9.64 Å². The lowest BCUT2D eigenvalue weighted by Crippen LogP contribution is -2.58. The van der Waals surface area contributed by atoms with Crippen LogP contribution >= 0.6 is 0 Å². The molecular formula is C22H25NO. The molecule has 0 bridgehead atoms. The number of hydrogen-bond donors (Lipinski definition) is 0. The lowest BCUT2D eigenvalue weighted by molar-refractivity contribution is 0.0573. The van der Waals surface area contributed by atoms with Gasteiger partial charge in [-0.15, -0.1) is 0 Å². The number of nitrogens with zero attached hydrogens (tertiary/aromatic N) is 1. The second kappa shape index (κ2) is 4.66. The third-order valence-corrected chi connectivity index (χ3v) is 6.21. The van der Waals surface area contributed by atoms with E-state index in [2.05, 4.69) is 89.1 Å². The molecule has 4 rings (SSSR count). The highest BCUT2D eigenvalue weighted by Gasteiger charge is 2.57. The molecule has 2 nitrogen and oxygen atoms in total. The van der Waals surface area contributed by atoms with Gasteiger partial charge in [0.1, 0.15) is 5.75 Å². The van der Waals surface area contributed by atoms with Gasteiger partial charge in [0.2, 0.25) is 5.72 Å². The predicted molar refractivity (Wildman–Crippen MR) is 101 cm³/mol. The van der Waals surface area contributed by atoms with Crippen LogP contribution in [-0.4, -0.2) is 12.8 Å². The zero-order valence-electron chi connectivity index (χ0n) is 15.4. The molecule has 2 heterocycles. The average Bonchev–Trinajstić information content (AvgIpc) is 2.73. The monoisotopic (exact) mass is 319 g/mol. The first-order chi connectivity index (χ1) is 11.3. The van der Waals surface area contributed by atoms with Gasteiger partial charge in [-0.05, 0) is 81.2 Å². The molecule has 0 saturated carbocycles. The summed E-state index contributed by atoms with van der Waals surface area (Å²) >= 11 is 0. The number of aryl methyl sites for hydroxylation is 1. The van der Waals surface area contributed by atoms with Crippen molar-refractivity contribution in [3.63, 3.8) is 0 Å². The SMILES string of the molecule is Cc1cc2c(c(C)c1C)OC1(C=C2)N(C)c2ccccc2C1(C)C. The number of para-hydroxylation sites is 1. The quantitative estimate of drug-likeness (QED) is 0.666. The molecule has 1 atom stereocenters. The van der Waals surface area contributed by atoms with Gasteiger partial charge in [-0.1, -0.05) is 18.2 Å². The summed E-state index contributed by atoms with van der Waals surface area (Å²) in [5.41, 5.74) is 7.01. The molecule has 0 fully saturated rings. The summed E-state index contributed by atoms with van der Waals surface area (Å²) in [5, 5.41) is 0. The Balaban J connectivity index is 1.93. The second-order valence-corrected chi connectivity index (χ2v) is 7.69. The molecule has 1 spiro atoms. The summed E-state index contributed by atoms with van der Waals surface area (Å²) in [5.74, 6) is 1.02. The van der Waals surface area contributed by atoms with E-state index < -0.39 is 5.72 Å². The highest BCUT2D eigenvalue weighted by molar-refractivity contribution is 5.73. The third-order valence-electron chi connectivity index (χ3n) is 6.21. The number of anilines is 1. The molecule has 0 N–H and O–H groups in total. The van der Waals surface area contributed by atoms with Gasteiger partial charge >= 0.3 is 0 Å². The first-order valence-electron chi connectivity index (χ1n) is 8.62. The lowest BCUT2D eigenvalue weighted by Gasteiger charge is -2.46. The van der Waals surface area contributed by atoms with Crippen molar-refractivity contribution in [2.75, 3.05) is 11.9 Å². The molecule has 2 aromatic rings. The van der Waals surface area contributed by atoms with Crippen LogP contribution in [0.2, 0.25) is 0 Å². The van der Waals surface area contributed by atoms with Crippen LogP contribution in [0.4, 0.5) is 5.69 Å². The van der Waals surface area contributed by atoms with E-state index in [1.165, 1.54) is 33.5 Å². The Morgan fingerprint density at radius 2 is 1.71 bits per heavy atom. The molecule has 1 unspecified atom stereocenters. The molecule has 0 aromatic heterocycles. The average molecular weight is 319 g/mol. The lowest BCUT2D eigenvalue weighted by atomic mass is 9.76. The van der Waals surface area contributed by atoms with E-state index in [1.807, 2.05) is 0 Å². The highest BCUT2D eigenvalue weighted by Crippen LogP contribution is 2.54. The van der Waals surface area contributed by atoms with Gasteiger partial charge in [0.15, 0.2) is 0 Å². The smallest absolute Gasteiger partial charge is 0.211 e. The molecule has 2 aromatic carbocycles. The van der Waals surface area contributed by atoms with E-state index in [-0.39, 0.29) is 5.41 Å². The van der Waals surface area contributed by atoms with E-state index in [4.69, 9.17) is 4.74 Å². The maximum atomic E-state index is 6.80. The second-order valence-electron chi connectivity index (χ2n) is 7.69. The highest BCUT2D eigenvalue weighted by atomic mass is 16.5. The summed E-state index contributed by atoms with van der Waals surface area (Å²) < 4.78 is 6.80. The van der Waals surface area contributed by atoms with E-state index >= 15 is 0 Å². The molecule has 24 heavy (non-hydrogen) atoms. The summed E-state index contributed by atoms with van der Waals surface area (Å²) in [6.07, 6.45) is 4.48. The number of rotatable bonds is 0. The molecule has 0 saturated heterocycles. The van der Waals surface area contributed by atoms with Crippen molar-refractivity contribution in [1.29, 1.82) is 0 Å². The van der Waals surface area contributed by atoms with E-state index in [1.54, 1.807) is 0 Å². The minimum atomic E-state index is -0.490. The Hall–Kier alpha value is -2.22. The molecule has 2 heteroatoms. The predicted octanol–water partition coefficient (Wildman–Crippen LogP) is 5.14. The number of likely N-dealkylation sites (N-methyl/N-ethyl adjacent to an activating group) is 1. The molecule has 124 valence electrons. The van der Waals surface area contributed by atoms with Gasteiger partial charge in [0.05, 0.1) is 5.41 Å². The van der Waals surface area contributed by atoms with Crippen molar-refractivity contribution < 1.29 is 4.74 Å². The Labute approximate surface area is 144 Å². The summed E-state index contributed by atoms with van der Waals surface area (Å²) in [7, 11) is 2.14. The van der Waals surface area contributed by atoms with Crippen LogP contribution in [-0.2, 0) is 5.41 Å². The molecule has 2 aliphatic rings. The van der Waals surface area contributed by atoms with Crippen LogP contribution in [0.5, 0.6) is 5.75 Å². The van der Waals surface area contributed by atoms with E-state index in [0.29, 0.717) is 0 Å². The van der Waals surface area contributed by atoms with E-state index in [0.717, 1.165) is 5.75 Å². The van der Waals surface area contributed by atoms with Crippen molar-refractivity contribution in [2.24, 2.45) is 0 Å². The molecule has 2 aliphatic heterocycles. The van der Waals surface area contributed by atoms with Crippen LogP contribution in [0.25, 0.3) is 6.08 Å². The van der Waals surface area contributed by atoms with Crippen molar-refractivity contribution >= 4 is 11.8 Å². The first-order valence-corrected chi connectivity index (χ1v) is 8.62. The fourth-order valence-corrected chi connectivity index (χ4v) is 4.34. The van der Waals surface area contributed by atoms with Crippen LogP contribution in [0, 0.1) is 20.8 Å². The van der Waals surface area contributed by atoms with Crippen molar-refractivity contribution in [1.82, 2.24) is 0 Å². The van der Waals surface area contributed by atoms with Crippen molar-refractivity contribution in [3.05, 3.63) is 64.2 Å². The van der Waals surface area contributed by atoms with Crippen LogP contribution in [0.3, 0.4) is 0 Å². The first kappa shape index (κ1) is 15.3. The molecule has 0 aliphatic carbocycles. The molecule has 0 radical (unpaired) electrons. The molecular weight excluding hydrogens is 294 g/mol. The maximum Gasteiger partial charge on any atom is 0.211 e. The standard InChI is InChI=1S/C22H25NO/c1-14-13-17-11-12-22(24-20(17)16(3)15(14)2)21(4,5)18-9-7-8-10-19(18)23(22)6/h7-13H,1-6H3. The van der Waals surface area contributed by atoms with Crippen molar-refractivity contribution in [3.8, 4) is 5.75 Å². The van der Waals surface area contributed by atoms with Gasteiger partial charge < -0.3 is 9.64 Å². The topological polar surface area (TPSA) is 12.5 Å². The van der Waals surface area contributed by atoms with Crippen LogP contribution in [0.15, 0.2) is 36.4 Å². The van der Waals surface area contributed by atoms with Gasteiger partial charge in [-0.2, -0.15) is 0 Å². The van der Waals surface area contributed by atoms with Crippen molar-refractivity contribution in [2.45, 2.75) is 45.8 Å². The fourth-order valence-electron chi connectivity index (χ4n) is 4.34. The third kappa shape index (κ3) is 1.66. The largest absolute Gasteiger partial charge is 0.462 e. The van der Waals surface area contributed by atoms with Gasteiger partial charge in [0, 0.05) is 18.3 Å². The van der Waals surface area contributed by atoms with Gasteiger partial charge in [-0.25, -0.2) is 0 Å². The Kier molecular flexibility index (Phi) is 2.97. The van der Waals surface area contributed by atoms with E-state index in [9.17, 15) is 0 Å². The van der Waals surface area contributed by atoms with Gasteiger partial charge in [-0.3, -0.25) is 0 Å². The maximum absolute atomic E-state index is 6.80. The van der Waals surface area contributed by atoms with Crippen LogP contribution in [0.1, 0.15) is 41.7 Å². The zero-order chi connectivity index (χ0) is 17.3. The Morgan fingerprint density at radius 1 is 1.00 bits per heavy atom. The number of benzene rings is 2. The minimum Gasteiger partial charge on any atom is -0.462 e. The van der Waals surface area contributed by atoms with Gasteiger partial charge in [0.25, 0.3) is 0 Å². The summed E-state index contributed by atoms with van der Waals surface area (Å²) in [6.45, 7) is 11.1. The fraction of sp³-hybridized carbons (Fsp3) is 0.364. The number of ether oxygens (including phenoxy) is 1. The molecule has 0 amide bonds. The normalized spacial score (nSPS) is 23.2. The zero-order valence-corrected chi connectivity index (χ0v) is 15.4. The summed E-state index contributed by atoms with van der Waals surface area (Å²) in [4.78, 5) is 2.29. The summed E-state index contributed by atoms with van der Waals surface area (Å²) in [6, 6.07) is 10.9.